The molecular weight excluding hydrogens is 233 g/mol. The number of halogens is 1. The molecule has 1 saturated heterocycles. The fraction of sp³-hybridized carbons (Fsp3) is 0.643. The largest absolute Gasteiger partial charge is 0.388 e. The molecule has 2 aliphatic rings. The highest BCUT2D eigenvalue weighted by molar-refractivity contribution is 5.17. The molecular formula is C14H18FNO2. The van der Waals surface area contributed by atoms with Gasteiger partial charge in [-0.3, -0.25) is 4.98 Å². The van der Waals surface area contributed by atoms with Crippen LogP contribution in [0.15, 0.2) is 18.5 Å². The lowest BCUT2D eigenvalue weighted by Crippen LogP contribution is -2.46. The molecule has 4 heteroatoms. The summed E-state index contributed by atoms with van der Waals surface area (Å²) in [6.07, 6.45) is 6.95. The summed E-state index contributed by atoms with van der Waals surface area (Å²) in [6.45, 7) is 0.675. The fourth-order valence-electron chi connectivity index (χ4n) is 3.13. The molecule has 2 atom stereocenters. The summed E-state index contributed by atoms with van der Waals surface area (Å²) < 4.78 is 19.5. The Bertz CT molecular complexity index is 434. The van der Waals surface area contributed by atoms with Gasteiger partial charge in [0.2, 0.25) is 0 Å². The van der Waals surface area contributed by atoms with Crippen molar-refractivity contribution in [1.29, 1.82) is 0 Å². The number of aromatic nitrogens is 1. The molecule has 1 aliphatic heterocycles. The van der Waals surface area contributed by atoms with E-state index in [9.17, 15) is 9.50 Å². The molecule has 2 fully saturated rings. The van der Waals surface area contributed by atoms with Crippen molar-refractivity contribution in [2.24, 2.45) is 5.92 Å². The monoisotopic (exact) mass is 251 g/mol. The van der Waals surface area contributed by atoms with Gasteiger partial charge >= 0.3 is 0 Å². The molecule has 2 unspecified atom stereocenters. The normalized spacial score (nSPS) is 27.8. The first kappa shape index (κ1) is 12.1. The van der Waals surface area contributed by atoms with Crippen molar-refractivity contribution in [3.63, 3.8) is 0 Å². The van der Waals surface area contributed by atoms with E-state index < -0.39 is 11.9 Å². The van der Waals surface area contributed by atoms with Gasteiger partial charge in [0.1, 0.15) is 5.82 Å². The second-order valence-corrected chi connectivity index (χ2v) is 5.48. The van der Waals surface area contributed by atoms with Crippen LogP contribution in [0.2, 0.25) is 0 Å². The number of hydrogen-bond donors (Lipinski definition) is 1. The Labute approximate surface area is 106 Å². The number of aliphatic hydroxyl groups excluding tert-OH is 1. The molecule has 18 heavy (non-hydrogen) atoms. The Morgan fingerprint density at radius 2 is 2.33 bits per heavy atom. The molecule has 1 aliphatic carbocycles. The minimum absolute atomic E-state index is 0.0204. The van der Waals surface area contributed by atoms with Gasteiger partial charge < -0.3 is 9.84 Å². The summed E-state index contributed by atoms with van der Waals surface area (Å²) in [5, 5.41) is 10.4. The first-order valence-corrected chi connectivity index (χ1v) is 6.62. The van der Waals surface area contributed by atoms with Crippen molar-refractivity contribution in [3.8, 4) is 0 Å². The molecule has 1 aromatic rings. The lowest BCUT2D eigenvalue weighted by atomic mass is 9.70. The third-order valence-electron chi connectivity index (χ3n) is 4.36. The van der Waals surface area contributed by atoms with Crippen molar-refractivity contribution >= 4 is 0 Å². The SMILES string of the molecule is OC(c1ccncc1F)C1CCOC2(CCC2)C1. The third kappa shape index (κ3) is 2.04. The van der Waals surface area contributed by atoms with Crippen molar-refractivity contribution in [2.75, 3.05) is 6.61 Å². The van der Waals surface area contributed by atoms with E-state index in [0.29, 0.717) is 12.2 Å². The van der Waals surface area contributed by atoms with Crippen LogP contribution >= 0.6 is 0 Å². The van der Waals surface area contributed by atoms with Crippen LogP contribution in [0, 0.1) is 11.7 Å². The molecule has 3 rings (SSSR count). The molecule has 1 spiro atoms. The number of ether oxygens (including phenoxy) is 1. The van der Waals surface area contributed by atoms with E-state index in [4.69, 9.17) is 4.74 Å². The summed E-state index contributed by atoms with van der Waals surface area (Å²) in [7, 11) is 0. The Morgan fingerprint density at radius 3 is 3.00 bits per heavy atom. The Morgan fingerprint density at radius 1 is 1.50 bits per heavy atom. The Kier molecular flexibility index (Phi) is 3.08. The van der Waals surface area contributed by atoms with Crippen molar-refractivity contribution < 1.29 is 14.2 Å². The highest BCUT2D eigenvalue weighted by atomic mass is 19.1. The predicted molar refractivity (Wildman–Crippen MR) is 64.4 cm³/mol. The van der Waals surface area contributed by atoms with Gasteiger partial charge in [0.25, 0.3) is 0 Å². The van der Waals surface area contributed by atoms with E-state index in [0.717, 1.165) is 31.9 Å². The van der Waals surface area contributed by atoms with Crippen LogP contribution in [0.3, 0.4) is 0 Å². The van der Waals surface area contributed by atoms with Gasteiger partial charge in [-0.2, -0.15) is 0 Å². The lowest BCUT2D eigenvalue weighted by molar-refractivity contribution is -0.157. The molecule has 0 radical (unpaired) electrons. The van der Waals surface area contributed by atoms with Gasteiger partial charge in [0.15, 0.2) is 0 Å². The van der Waals surface area contributed by atoms with Crippen LogP contribution in [0.25, 0.3) is 0 Å². The first-order valence-electron chi connectivity index (χ1n) is 6.62. The van der Waals surface area contributed by atoms with Gasteiger partial charge in [-0.25, -0.2) is 4.39 Å². The summed E-state index contributed by atoms with van der Waals surface area (Å²) >= 11 is 0. The first-order chi connectivity index (χ1) is 8.70. The second-order valence-electron chi connectivity index (χ2n) is 5.48. The molecule has 2 heterocycles. The van der Waals surface area contributed by atoms with Crippen LogP contribution in [0.1, 0.15) is 43.8 Å². The summed E-state index contributed by atoms with van der Waals surface area (Å²) in [4.78, 5) is 3.72. The molecule has 3 nitrogen and oxygen atoms in total. The molecule has 1 N–H and O–H groups in total. The zero-order chi connectivity index (χ0) is 12.6. The number of pyridine rings is 1. The maximum Gasteiger partial charge on any atom is 0.147 e. The van der Waals surface area contributed by atoms with Crippen LogP contribution in [0.4, 0.5) is 4.39 Å². The zero-order valence-electron chi connectivity index (χ0n) is 10.3. The molecule has 0 aromatic carbocycles. The maximum absolute atomic E-state index is 13.6. The average Bonchev–Trinajstić information content (AvgIpc) is 2.37. The van der Waals surface area contributed by atoms with Crippen LogP contribution in [-0.2, 0) is 4.74 Å². The summed E-state index contributed by atoms with van der Waals surface area (Å²) in [5.74, 6) is -0.324. The minimum atomic E-state index is -0.741. The van der Waals surface area contributed by atoms with Crippen LogP contribution in [0.5, 0.6) is 0 Å². The summed E-state index contributed by atoms with van der Waals surface area (Å²) in [5.41, 5.74) is 0.347. The molecule has 98 valence electrons. The molecule has 0 amide bonds. The lowest BCUT2D eigenvalue weighted by Gasteiger charge is -2.48. The van der Waals surface area contributed by atoms with Gasteiger partial charge in [-0.15, -0.1) is 0 Å². The van der Waals surface area contributed by atoms with Crippen LogP contribution < -0.4 is 0 Å². The van der Waals surface area contributed by atoms with Gasteiger partial charge in [0.05, 0.1) is 17.9 Å². The Hall–Kier alpha value is -1.00. The Balaban J connectivity index is 1.76. The van der Waals surface area contributed by atoms with Gasteiger partial charge in [-0.05, 0) is 44.1 Å². The van der Waals surface area contributed by atoms with E-state index in [-0.39, 0.29) is 11.5 Å². The van der Waals surface area contributed by atoms with E-state index in [1.165, 1.54) is 12.6 Å². The van der Waals surface area contributed by atoms with Crippen molar-refractivity contribution in [1.82, 2.24) is 4.98 Å². The van der Waals surface area contributed by atoms with E-state index >= 15 is 0 Å². The number of nitrogens with zero attached hydrogens (tertiary/aromatic N) is 1. The number of rotatable bonds is 2. The topological polar surface area (TPSA) is 42.4 Å². The van der Waals surface area contributed by atoms with Crippen LogP contribution in [-0.4, -0.2) is 22.3 Å². The standard InChI is InChI=1S/C14H18FNO2/c15-12-9-16-6-2-11(12)13(17)10-3-7-18-14(8-10)4-1-5-14/h2,6,9-10,13,17H,1,3-5,7-8H2. The molecule has 1 saturated carbocycles. The number of hydrogen-bond acceptors (Lipinski definition) is 3. The van der Waals surface area contributed by atoms with E-state index in [1.54, 1.807) is 6.07 Å². The van der Waals surface area contributed by atoms with E-state index in [2.05, 4.69) is 4.98 Å². The molecule has 1 aromatic heterocycles. The number of aliphatic hydroxyl groups is 1. The van der Waals surface area contributed by atoms with Crippen molar-refractivity contribution in [2.45, 2.75) is 43.8 Å². The highest BCUT2D eigenvalue weighted by Gasteiger charge is 2.44. The van der Waals surface area contributed by atoms with Crippen molar-refractivity contribution in [3.05, 3.63) is 29.8 Å². The van der Waals surface area contributed by atoms with Gasteiger partial charge in [0, 0.05) is 18.4 Å². The zero-order valence-corrected chi connectivity index (χ0v) is 10.3. The van der Waals surface area contributed by atoms with Gasteiger partial charge in [-0.1, -0.05) is 0 Å². The maximum atomic E-state index is 13.6. The predicted octanol–water partition coefficient (Wildman–Crippen LogP) is 2.60. The quantitative estimate of drug-likeness (QED) is 0.878. The second kappa shape index (κ2) is 4.59. The van der Waals surface area contributed by atoms with E-state index in [1.807, 2.05) is 0 Å². The average molecular weight is 251 g/mol. The fourth-order valence-corrected chi connectivity index (χ4v) is 3.13. The minimum Gasteiger partial charge on any atom is -0.388 e. The molecule has 0 bridgehead atoms. The highest BCUT2D eigenvalue weighted by Crippen LogP contribution is 2.47. The third-order valence-corrected chi connectivity index (χ3v) is 4.36. The smallest absolute Gasteiger partial charge is 0.147 e. The summed E-state index contributed by atoms with van der Waals surface area (Å²) in [6, 6.07) is 1.57.